The van der Waals surface area contributed by atoms with E-state index in [0.717, 1.165) is 0 Å². The number of halogens is 1. The Balaban J connectivity index is 2.02. The molecule has 0 unspecified atom stereocenters. The maximum Gasteiger partial charge on any atom is 0.138 e. The fourth-order valence-corrected chi connectivity index (χ4v) is 2.46. The van der Waals surface area contributed by atoms with Crippen molar-refractivity contribution >= 4 is 11.6 Å². The summed E-state index contributed by atoms with van der Waals surface area (Å²) >= 11 is 5.94. The minimum absolute atomic E-state index is 0.204. The number of benzene rings is 1. The molecule has 3 aromatic rings. The van der Waals surface area contributed by atoms with Gasteiger partial charge in [-0.1, -0.05) is 23.7 Å². The number of aromatic nitrogens is 7. The lowest BCUT2D eigenvalue weighted by atomic mass is 9.87. The molecule has 2 heterocycles. The minimum atomic E-state index is -1.28. The summed E-state index contributed by atoms with van der Waals surface area (Å²) in [6.45, 7) is 2.04. The van der Waals surface area contributed by atoms with Crippen molar-refractivity contribution in [2.45, 2.75) is 25.1 Å². The Bertz CT molecular complexity index is 713. The molecule has 0 amide bonds. The summed E-state index contributed by atoms with van der Waals surface area (Å²) in [5, 5.41) is 27.1. The van der Waals surface area contributed by atoms with E-state index in [2.05, 4.69) is 25.6 Å². The first-order chi connectivity index (χ1) is 10.6. The third-order valence-electron chi connectivity index (χ3n) is 3.67. The van der Waals surface area contributed by atoms with Gasteiger partial charge in [0.15, 0.2) is 0 Å². The molecule has 0 saturated heterocycles. The number of rotatable bonds is 5. The molecular weight excluding hydrogens is 306 g/mol. The summed E-state index contributed by atoms with van der Waals surface area (Å²) in [4.78, 5) is 3.91. The maximum atomic E-state index is 11.3. The van der Waals surface area contributed by atoms with Crippen LogP contribution in [0.2, 0.25) is 5.02 Å². The molecule has 0 aliphatic heterocycles. The van der Waals surface area contributed by atoms with Crippen LogP contribution >= 0.6 is 11.6 Å². The summed E-state index contributed by atoms with van der Waals surface area (Å²) in [6, 6.07) is 6.60. The fraction of sp³-hybridized carbons (Fsp3) is 0.308. The van der Waals surface area contributed by atoms with Crippen molar-refractivity contribution in [1.82, 2.24) is 35.0 Å². The summed E-state index contributed by atoms with van der Waals surface area (Å²) in [5.74, 6) is 0. The quantitative estimate of drug-likeness (QED) is 0.756. The van der Waals surface area contributed by atoms with Crippen LogP contribution in [-0.2, 0) is 12.1 Å². The van der Waals surface area contributed by atoms with Crippen LogP contribution in [0.5, 0.6) is 0 Å². The van der Waals surface area contributed by atoms with Crippen LogP contribution in [0.1, 0.15) is 18.5 Å². The molecule has 22 heavy (non-hydrogen) atoms. The van der Waals surface area contributed by atoms with Crippen molar-refractivity contribution in [3.05, 3.63) is 53.8 Å². The molecule has 3 rings (SSSR count). The van der Waals surface area contributed by atoms with Crippen LogP contribution in [-0.4, -0.2) is 40.1 Å². The highest BCUT2D eigenvalue weighted by atomic mass is 35.5. The van der Waals surface area contributed by atoms with Crippen LogP contribution in [0.4, 0.5) is 0 Å². The van der Waals surface area contributed by atoms with Crippen molar-refractivity contribution in [2.24, 2.45) is 0 Å². The van der Waals surface area contributed by atoms with E-state index >= 15 is 0 Å². The Morgan fingerprint density at radius 2 is 2.05 bits per heavy atom. The third-order valence-corrected chi connectivity index (χ3v) is 3.92. The molecule has 0 radical (unpaired) electrons. The van der Waals surface area contributed by atoms with Crippen molar-refractivity contribution in [3.8, 4) is 0 Å². The lowest BCUT2D eigenvalue weighted by molar-refractivity contribution is -0.0346. The highest BCUT2D eigenvalue weighted by Crippen LogP contribution is 2.34. The maximum absolute atomic E-state index is 11.3. The molecule has 0 saturated carbocycles. The SMILES string of the molecule is C[C@@H](n1cnnn1)[C@](O)(Cn1cncn1)c1ccc(Cl)cc1. The van der Waals surface area contributed by atoms with Crippen LogP contribution in [0.3, 0.4) is 0 Å². The van der Waals surface area contributed by atoms with Gasteiger partial charge < -0.3 is 5.11 Å². The zero-order valence-corrected chi connectivity index (χ0v) is 12.5. The monoisotopic (exact) mass is 319 g/mol. The number of aliphatic hydroxyl groups is 1. The average Bonchev–Trinajstić information content (AvgIpc) is 3.20. The van der Waals surface area contributed by atoms with Crippen molar-refractivity contribution in [3.63, 3.8) is 0 Å². The topological polar surface area (TPSA) is 94.5 Å². The summed E-state index contributed by atoms with van der Waals surface area (Å²) in [5.41, 5.74) is -0.594. The van der Waals surface area contributed by atoms with E-state index in [1.807, 2.05) is 6.92 Å². The van der Waals surface area contributed by atoms with Crippen molar-refractivity contribution in [2.75, 3.05) is 0 Å². The third kappa shape index (κ3) is 2.70. The second kappa shape index (κ2) is 5.82. The van der Waals surface area contributed by atoms with Gasteiger partial charge in [-0.25, -0.2) is 14.3 Å². The lowest BCUT2D eigenvalue weighted by Crippen LogP contribution is -2.40. The molecular formula is C13H14ClN7O. The Morgan fingerprint density at radius 1 is 1.27 bits per heavy atom. The fourth-order valence-electron chi connectivity index (χ4n) is 2.33. The van der Waals surface area contributed by atoms with E-state index < -0.39 is 11.6 Å². The smallest absolute Gasteiger partial charge is 0.138 e. The summed E-state index contributed by atoms with van der Waals surface area (Å²) in [6.07, 6.45) is 4.43. The van der Waals surface area contributed by atoms with Gasteiger partial charge in [0.1, 0.15) is 24.6 Å². The van der Waals surface area contributed by atoms with Crippen LogP contribution in [0.15, 0.2) is 43.2 Å². The van der Waals surface area contributed by atoms with Crippen LogP contribution < -0.4 is 0 Å². The first kappa shape index (κ1) is 14.6. The average molecular weight is 320 g/mol. The molecule has 0 bridgehead atoms. The highest BCUT2D eigenvalue weighted by molar-refractivity contribution is 6.30. The molecule has 1 aromatic carbocycles. The molecule has 0 spiro atoms. The first-order valence-corrected chi connectivity index (χ1v) is 7.01. The van der Waals surface area contributed by atoms with E-state index in [-0.39, 0.29) is 6.54 Å². The second-order valence-corrected chi connectivity index (χ2v) is 5.43. The lowest BCUT2D eigenvalue weighted by Gasteiger charge is -2.34. The van der Waals surface area contributed by atoms with Crippen LogP contribution in [0, 0.1) is 0 Å². The van der Waals surface area contributed by atoms with Gasteiger partial charge in [-0.2, -0.15) is 5.10 Å². The Kier molecular flexibility index (Phi) is 3.86. The van der Waals surface area contributed by atoms with Crippen LogP contribution in [0.25, 0.3) is 0 Å². The van der Waals surface area contributed by atoms with E-state index in [1.54, 1.807) is 35.3 Å². The molecule has 114 valence electrons. The van der Waals surface area contributed by atoms with E-state index in [9.17, 15) is 5.11 Å². The van der Waals surface area contributed by atoms with Gasteiger partial charge in [-0.3, -0.25) is 0 Å². The van der Waals surface area contributed by atoms with Gasteiger partial charge in [0.2, 0.25) is 0 Å². The Morgan fingerprint density at radius 3 is 2.64 bits per heavy atom. The zero-order chi connectivity index (χ0) is 15.6. The number of nitrogens with zero attached hydrogens (tertiary/aromatic N) is 7. The van der Waals surface area contributed by atoms with Gasteiger partial charge >= 0.3 is 0 Å². The van der Waals surface area contributed by atoms with Gasteiger partial charge in [-0.05, 0) is 35.0 Å². The van der Waals surface area contributed by atoms with Gasteiger partial charge in [-0.15, -0.1) is 5.10 Å². The number of hydrogen-bond donors (Lipinski definition) is 1. The summed E-state index contributed by atoms with van der Waals surface area (Å²) in [7, 11) is 0. The molecule has 2 atom stereocenters. The van der Waals surface area contributed by atoms with Gasteiger partial charge in [0.05, 0.1) is 12.6 Å². The Labute approximate surface area is 131 Å². The van der Waals surface area contributed by atoms with E-state index in [0.29, 0.717) is 10.6 Å². The van der Waals surface area contributed by atoms with E-state index in [1.165, 1.54) is 17.3 Å². The molecule has 1 N–H and O–H groups in total. The largest absolute Gasteiger partial charge is 0.381 e. The number of tetrazole rings is 1. The van der Waals surface area contributed by atoms with Gasteiger partial charge in [0.25, 0.3) is 0 Å². The standard InChI is InChI=1S/C13H14ClN7O/c1-10(21-9-16-18-19-21)13(22,6-20-8-15-7-17-20)11-2-4-12(14)5-3-11/h2-5,7-10,22H,6H2,1H3/t10-,13-/m1/s1. The highest BCUT2D eigenvalue weighted by Gasteiger charge is 2.38. The normalized spacial score (nSPS) is 15.4. The van der Waals surface area contributed by atoms with Crippen molar-refractivity contribution in [1.29, 1.82) is 0 Å². The zero-order valence-electron chi connectivity index (χ0n) is 11.8. The summed E-state index contributed by atoms with van der Waals surface area (Å²) < 4.78 is 3.07. The molecule has 9 heteroatoms. The Hall–Kier alpha value is -2.32. The molecule has 8 nitrogen and oxygen atoms in total. The molecule has 0 aliphatic rings. The first-order valence-electron chi connectivity index (χ1n) is 6.63. The number of hydrogen-bond acceptors (Lipinski definition) is 6. The predicted octanol–water partition coefficient (Wildman–Crippen LogP) is 1.07. The predicted molar refractivity (Wildman–Crippen MR) is 77.9 cm³/mol. The second-order valence-electron chi connectivity index (χ2n) is 4.99. The van der Waals surface area contributed by atoms with Gasteiger partial charge in [0, 0.05) is 5.02 Å². The molecule has 0 aliphatic carbocycles. The molecule has 2 aromatic heterocycles. The van der Waals surface area contributed by atoms with E-state index in [4.69, 9.17) is 11.6 Å². The minimum Gasteiger partial charge on any atom is -0.381 e. The molecule has 0 fully saturated rings. The van der Waals surface area contributed by atoms with Crippen molar-refractivity contribution < 1.29 is 5.11 Å².